The summed E-state index contributed by atoms with van der Waals surface area (Å²) in [5.41, 5.74) is -4.52. The zero-order valence-corrected chi connectivity index (χ0v) is 9.81. The van der Waals surface area contributed by atoms with E-state index in [1.807, 2.05) is 0 Å². The Morgan fingerprint density at radius 1 is 1.33 bits per heavy atom. The van der Waals surface area contributed by atoms with E-state index >= 15 is 0 Å². The molecule has 0 unspecified atom stereocenters. The summed E-state index contributed by atoms with van der Waals surface area (Å²) in [4.78, 5) is 11.5. The van der Waals surface area contributed by atoms with Crippen LogP contribution in [0.5, 0.6) is 11.5 Å². The van der Waals surface area contributed by atoms with E-state index in [0.29, 0.717) is 0 Å². The number of rotatable bonds is 4. The molecular formula is C10H10F3NO3S. The third-order valence-electron chi connectivity index (χ3n) is 1.91. The van der Waals surface area contributed by atoms with Gasteiger partial charge in [0.15, 0.2) is 11.5 Å². The second-order valence-corrected chi connectivity index (χ2v) is 4.38. The number of benzene rings is 1. The van der Waals surface area contributed by atoms with Gasteiger partial charge in [0.2, 0.25) is 0 Å². The van der Waals surface area contributed by atoms with Crippen molar-refractivity contribution in [1.29, 1.82) is 0 Å². The van der Waals surface area contributed by atoms with Crippen LogP contribution in [0, 0.1) is 0 Å². The summed E-state index contributed by atoms with van der Waals surface area (Å²) in [5.74, 6) is -2.13. The predicted molar refractivity (Wildman–Crippen MR) is 60.6 cm³/mol. The van der Waals surface area contributed by atoms with Crippen molar-refractivity contribution >= 4 is 17.7 Å². The van der Waals surface area contributed by atoms with E-state index < -0.39 is 22.9 Å². The second-order valence-electron chi connectivity index (χ2n) is 3.22. The van der Waals surface area contributed by atoms with E-state index in [1.54, 1.807) is 0 Å². The highest BCUT2D eigenvalue weighted by atomic mass is 32.2. The van der Waals surface area contributed by atoms with E-state index in [0.717, 1.165) is 0 Å². The molecule has 0 aromatic heterocycles. The molecule has 0 spiro atoms. The Morgan fingerprint density at radius 3 is 2.61 bits per heavy atom. The minimum absolute atomic E-state index is 0.188. The summed E-state index contributed by atoms with van der Waals surface area (Å²) < 4.78 is 35.4. The van der Waals surface area contributed by atoms with Gasteiger partial charge in [-0.1, -0.05) is 6.07 Å². The summed E-state index contributed by atoms with van der Waals surface area (Å²) >= 11 is -0.249. The number of hydrogen-bond donors (Lipinski definition) is 3. The summed E-state index contributed by atoms with van der Waals surface area (Å²) in [6.07, 6.45) is 0. The van der Waals surface area contributed by atoms with Gasteiger partial charge in [-0.15, -0.1) is 0 Å². The first kappa shape index (κ1) is 14.5. The number of phenols is 2. The largest absolute Gasteiger partial charge is 0.504 e. The van der Waals surface area contributed by atoms with E-state index in [-0.39, 0.29) is 29.6 Å². The SMILES string of the molecule is O=C(NCCSC(F)(F)F)c1cccc(O)c1O. The third-order valence-corrected chi connectivity index (χ3v) is 2.65. The Balaban J connectivity index is 2.49. The second kappa shape index (κ2) is 5.85. The fourth-order valence-corrected chi connectivity index (χ4v) is 1.58. The van der Waals surface area contributed by atoms with Crippen LogP contribution in [0.2, 0.25) is 0 Å². The number of aromatic hydroxyl groups is 2. The van der Waals surface area contributed by atoms with Crippen molar-refractivity contribution in [3.63, 3.8) is 0 Å². The fraction of sp³-hybridized carbons (Fsp3) is 0.300. The number of thioether (sulfide) groups is 1. The van der Waals surface area contributed by atoms with Gasteiger partial charge in [-0.25, -0.2) is 0 Å². The average Bonchev–Trinajstić information content (AvgIpc) is 2.26. The Morgan fingerprint density at radius 2 is 2.00 bits per heavy atom. The molecule has 0 aliphatic rings. The molecule has 0 radical (unpaired) electrons. The van der Waals surface area contributed by atoms with Crippen molar-refractivity contribution in [3.05, 3.63) is 23.8 Å². The Kier molecular flexibility index (Phi) is 4.71. The van der Waals surface area contributed by atoms with Crippen LogP contribution in [-0.4, -0.2) is 33.9 Å². The van der Waals surface area contributed by atoms with Crippen molar-refractivity contribution in [1.82, 2.24) is 5.32 Å². The van der Waals surface area contributed by atoms with Crippen molar-refractivity contribution in [2.24, 2.45) is 0 Å². The summed E-state index contributed by atoms with van der Waals surface area (Å²) in [5, 5.41) is 20.7. The third kappa shape index (κ3) is 4.36. The molecule has 18 heavy (non-hydrogen) atoms. The summed E-state index contributed by atoms with van der Waals surface area (Å²) in [6.45, 7) is -0.196. The van der Waals surface area contributed by atoms with Gasteiger partial charge in [0.05, 0.1) is 5.56 Å². The molecule has 0 aliphatic heterocycles. The first-order valence-electron chi connectivity index (χ1n) is 4.81. The quantitative estimate of drug-likeness (QED) is 0.584. The monoisotopic (exact) mass is 281 g/mol. The lowest BCUT2D eigenvalue weighted by atomic mass is 10.2. The molecule has 1 aromatic carbocycles. The van der Waals surface area contributed by atoms with Crippen LogP contribution < -0.4 is 5.32 Å². The molecule has 4 nitrogen and oxygen atoms in total. The normalized spacial score (nSPS) is 11.3. The average molecular weight is 281 g/mol. The zero-order valence-electron chi connectivity index (χ0n) is 8.99. The predicted octanol–water partition coefficient (Wildman–Crippen LogP) is 2.08. The highest BCUT2D eigenvalue weighted by molar-refractivity contribution is 8.00. The minimum atomic E-state index is -4.34. The minimum Gasteiger partial charge on any atom is -0.504 e. The maximum absolute atomic E-state index is 11.8. The lowest BCUT2D eigenvalue weighted by Crippen LogP contribution is -2.26. The molecule has 1 rings (SSSR count). The fourth-order valence-electron chi connectivity index (χ4n) is 1.14. The van der Waals surface area contributed by atoms with E-state index in [4.69, 9.17) is 5.11 Å². The topological polar surface area (TPSA) is 69.6 Å². The molecule has 3 N–H and O–H groups in total. The van der Waals surface area contributed by atoms with Crippen LogP contribution in [0.25, 0.3) is 0 Å². The maximum atomic E-state index is 11.8. The standard InChI is InChI=1S/C10H10F3NO3S/c11-10(12,13)18-5-4-14-9(17)6-2-1-3-7(15)8(6)16/h1-3,15-16H,4-5H2,(H,14,17). The highest BCUT2D eigenvalue weighted by Crippen LogP contribution is 2.30. The van der Waals surface area contributed by atoms with Gasteiger partial charge in [-0.05, 0) is 23.9 Å². The molecule has 0 atom stereocenters. The Bertz CT molecular complexity index is 437. The first-order chi connectivity index (χ1) is 8.31. The summed E-state index contributed by atoms with van der Waals surface area (Å²) in [7, 11) is 0. The number of alkyl halides is 3. The van der Waals surface area contributed by atoms with Crippen molar-refractivity contribution in [2.45, 2.75) is 5.51 Å². The molecule has 0 saturated carbocycles. The zero-order chi connectivity index (χ0) is 13.8. The molecule has 1 amide bonds. The van der Waals surface area contributed by atoms with Crippen LogP contribution in [0.4, 0.5) is 13.2 Å². The molecule has 0 aliphatic carbocycles. The first-order valence-corrected chi connectivity index (χ1v) is 5.79. The van der Waals surface area contributed by atoms with Crippen LogP contribution in [-0.2, 0) is 0 Å². The molecule has 1 aromatic rings. The van der Waals surface area contributed by atoms with E-state index in [9.17, 15) is 23.1 Å². The van der Waals surface area contributed by atoms with E-state index in [1.165, 1.54) is 18.2 Å². The molecule has 0 heterocycles. The Hall–Kier alpha value is -1.57. The van der Waals surface area contributed by atoms with Crippen molar-refractivity contribution in [2.75, 3.05) is 12.3 Å². The molecule has 0 bridgehead atoms. The number of carbonyl (C=O) groups excluding carboxylic acids is 1. The van der Waals surface area contributed by atoms with Gasteiger partial charge >= 0.3 is 5.51 Å². The van der Waals surface area contributed by atoms with Gasteiger partial charge in [0.25, 0.3) is 5.91 Å². The van der Waals surface area contributed by atoms with Gasteiger partial charge in [0, 0.05) is 12.3 Å². The van der Waals surface area contributed by atoms with Gasteiger partial charge in [-0.2, -0.15) is 13.2 Å². The van der Waals surface area contributed by atoms with Crippen LogP contribution in [0.1, 0.15) is 10.4 Å². The molecule has 0 fully saturated rings. The number of amides is 1. The maximum Gasteiger partial charge on any atom is 0.441 e. The van der Waals surface area contributed by atoms with Gasteiger partial charge in [0.1, 0.15) is 0 Å². The number of hydrogen-bond acceptors (Lipinski definition) is 4. The molecule has 100 valence electrons. The van der Waals surface area contributed by atoms with Gasteiger partial charge in [-0.3, -0.25) is 4.79 Å². The van der Waals surface area contributed by atoms with Crippen molar-refractivity contribution < 1.29 is 28.2 Å². The molecular weight excluding hydrogens is 271 g/mol. The van der Waals surface area contributed by atoms with Crippen molar-refractivity contribution in [3.8, 4) is 11.5 Å². The lowest BCUT2D eigenvalue weighted by molar-refractivity contribution is -0.0327. The molecule has 0 saturated heterocycles. The number of para-hydroxylation sites is 1. The smallest absolute Gasteiger partial charge is 0.441 e. The Labute approximate surface area is 105 Å². The number of halogens is 3. The number of nitrogens with one attached hydrogen (secondary N) is 1. The van der Waals surface area contributed by atoms with Crippen LogP contribution in [0.3, 0.4) is 0 Å². The summed E-state index contributed by atoms with van der Waals surface area (Å²) in [6, 6.07) is 3.78. The lowest BCUT2D eigenvalue weighted by Gasteiger charge is -2.08. The van der Waals surface area contributed by atoms with Crippen LogP contribution >= 0.6 is 11.8 Å². The number of phenolic OH excluding ortho intramolecular Hbond substituents is 2. The number of carbonyl (C=O) groups is 1. The highest BCUT2D eigenvalue weighted by Gasteiger charge is 2.27. The van der Waals surface area contributed by atoms with Gasteiger partial charge < -0.3 is 15.5 Å². The molecule has 8 heteroatoms. The van der Waals surface area contributed by atoms with E-state index in [2.05, 4.69) is 5.32 Å². The van der Waals surface area contributed by atoms with Crippen LogP contribution in [0.15, 0.2) is 18.2 Å².